The van der Waals surface area contributed by atoms with Crippen LogP contribution in [0.4, 0.5) is 17.6 Å². The quantitative estimate of drug-likeness (QED) is 0.407. The fourth-order valence-corrected chi connectivity index (χ4v) is 1.10. The smallest absolute Gasteiger partial charge is 0.415 e. The molecule has 0 spiro atoms. The van der Waals surface area contributed by atoms with Crippen molar-refractivity contribution in [2.75, 3.05) is 0 Å². The van der Waals surface area contributed by atoms with Crippen molar-refractivity contribution >= 4 is 40.0 Å². The van der Waals surface area contributed by atoms with Gasteiger partial charge in [-0.2, -0.15) is 36.4 Å². The predicted octanol–water partition coefficient (Wildman–Crippen LogP) is 4.89. The third-order valence-corrected chi connectivity index (χ3v) is 1.98. The molecule has 0 radical (unpaired) electrons. The standard InChI is InChI=1S/C8H5F4.C6H5.BrH.Mg/c9-7(10)8(11,12)6-4-2-1-3-5-6;1-2-4-6-5-3-1;;/h1-5H;1-5H;1H;/q2*-1;;+2. The molecule has 0 fully saturated rings. The van der Waals surface area contributed by atoms with E-state index in [-0.39, 0.29) is 40.0 Å². The van der Waals surface area contributed by atoms with E-state index in [1.54, 1.807) is 0 Å². The molecule has 0 nitrogen and oxygen atoms in total. The molecule has 0 saturated heterocycles. The molecule has 2 aromatic rings. The van der Waals surface area contributed by atoms with Gasteiger partial charge < -0.3 is 8.78 Å². The van der Waals surface area contributed by atoms with E-state index >= 15 is 0 Å². The number of hydrogen-bond donors (Lipinski definition) is 0. The first-order valence-corrected chi connectivity index (χ1v) is 5.08. The Labute approximate surface area is 142 Å². The van der Waals surface area contributed by atoms with Crippen molar-refractivity contribution < 1.29 is 17.6 Å². The molecule has 2 rings (SSSR count). The van der Waals surface area contributed by atoms with Crippen LogP contribution in [0, 0.1) is 12.5 Å². The van der Waals surface area contributed by atoms with Crippen LogP contribution in [0.25, 0.3) is 0 Å². The molecule has 0 aromatic heterocycles. The van der Waals surface area contributed by atoms with Crippen LogP contribution in [0.2, 0.25) is 0 Å². The summed E-state index contributed by atoms with van der Waals surface area (Å²) in [6.45, 7) is 0. The molecule has 0 amide bonds. The van der Waals surface area contributed by atoms with Gasteiger partial charge in [0.15, 0.2) is 0 Å². The van der Waals surface area contributed by atoms with Gasteiger partial charge in [-0.15, -0.1) is 17.0 Å². The Morgan fingerprint density at radius 3 is 1.60 bits per heavy atom. The monoisotopic (exact) mass is 358 g/mol. The summed E-state index contributed by atoms with van der Waals surface area (Å²) in [7, 11) is 0. The Kier molecular flexibility index (Phi) is 12.1. The molecule has 0 N–H and O–H groups in total. The molecule has 0 aliphatic heterocycles. The third-order valence-electron chi connectivity index (χ3n) is 1.98. The van der Waals surface area contributed by atoms with E-state index < -0.39 is 17.9 Å². The van der Waals surface area contributed by atoms with Gasteiger partial charge in [-0.1, -0.05) is 30.3 Å². The summed E-state index contributed by atoms with van der Waals surface area (Å²) in [4.78, 5) is 0. The number of halogens is 5. The summed E-state index contributed by atoms with van der Waals surface area (Å²) in [5, 5.41) is 0. The number of alkyl halides is 2. The second-order valence-electron chi connectivity index (χ2n) is 3.28. The average Bonchev–Trinajstić information content (AvgIpc) is 2.42. The van der Waals surface area contributed by atoms with Gasteiger partial charge in [0.05, 0.1) is 6.43 Å². The molecule has 0 heterocycles. The first kappa shape index (κ1) is 21.7. The zero-order chi connectivity index (χ0) is 13.4. The predicted molar refractivity (Wildman–Crippen MR) is 77.1 cm³/mol. The van der Waals surface area contributed by atoms with Crippen molar-refractivity contribution in [2.45, 2.75) is 5.92 Å². The van der Waals surface area contributed by atoms with E-state index in [1.165, 1.54) is 18.2 Å². The van der Waals surface area contributed by atoms with Crippen LogP contribution in [-0.4, -0.2) is 23.1 Å². The minimum Gasteiger partial charge on any atom is -0.415 e. The SMILES string of the molecule is Br.F[C-](F)C(F)(F)c1ccccc1.[Mg+2].[c-]1ccccc1. The molecule has 20 heavy (non-hydrogen) atoms. The first-order chi connectivity index (χ1) is 8.55. The maximum Gasteiger partial charge on any atom is 2.00 e. The van der Waals surface area contributed by atoms with Crippen molar-refractivity contribution in [1.29, 1.82) is 0 Å². The Morgan fingerprint density at radius 2 is 1.30 bits per heavy atom. The van der Waals surface area contributed by atoms with Gasteiger partial charge in [0.2, 0.25) is 5.92 Å². The molecule has 104 valence electrons. The van der Waals surface area contributed by atoms with Crippen LogP contribution in [-0.2, 0) is 5.92 Å². The maximum absolute atomic E-state index is 12.5. The summed E-state index contributed by atoms with van der Waals surface area (Å²) in [6, 6.07) is 18.5. The van der Waals surface area contributed by atoms with Crippen molar-refractivity contribution in [2.24, 2.45) is 0 Å². The van der Waals surface area contributed by atoms with Crippen LogP contribution in [0.5, 0.6) is 0 Å². The Hall–Kier alpha value is -0.594. The van der Waals surface area contributed by atoms with Crippen LogP contribution < -0.4 is 0 Å². The van der Waals surface area contributed by atoms with Gasteiger partial charge in [0, 0.05) is 0 Å². The summed E-state index contributed by atoms with van der Waals surface area (Å²) in [5.74, 6) is -4.12. The molecule has 6 heteroatoms. The zero-order valence-corrected chi connectivity index (χ0v) is 13.5. The van der Waals surface area contributed by atoms with E-state index in [0.717, 1.165) is 12.1 Å². The van der Waals surface area contributed by atoms with Crippen molar-refractivity contribution in [1.82, 2.24) is 0 Å². The normalized spacial score (nSPS) is 9.65. The van der Waals surface area contributed by atoms with E-state index in [4.69, 9.17) is 0 Å². The van der Waals surface area contributed by atoms with Crippen LogP contribution in [0.3, 0.4) is 0 Å². The molecule has 0 aliphatic carbocycles. The van der Waals surface area contributed by atoms with Gasteiger partial charge in [0.1, 0.15) is 0 Å². The van der Waals surface area contributed by atoms with E-state index in [0.29, 0.717) is 0 Å². The number of benzene rings is 2. The summed E-state index contributed by atoms with van der Waals surface area (Å²) in [6.07, 6.45) is -2.88. The Balaban J connectivity index is 0. The zero-order valence-electron chi connectivity index (χ0n) is 10.4. The molecule has 2 aromatic carbocycles. The van der Waals surface area contributed by atoms with Crippen molar-refractivity contribution in [3.05, 3.63) is 78.7 Å². The number of hydrogen-bond acceptors (Lipinski definition) is 0. The fourth-order valence-electron chi connectivity index (χ4n) is 1.10. The fraction of sp³-hybridized carbons (Fsp3) is 0.0714. The molecule has 0 unspecified atom stereocenters. The van der Waals surface area contributed by atoms with Gasteiger partial charge in [-0.25, -0.2) is 8.78 Å². The van der Waals surface area contributed by atoms with Crippen molar-refractivity contribution in [3.63, 3.8) is 0 Å². The van der Waals surface area contributed by atoms with E-state index in [9.17, 15) is 17.6 Å². The van der Waals surface area contributed by atoms with Gasteiger partial charge >= 0.3 is 23.1 Å². The van der Waals surface area contributed by atoms with Crippen LogP contribution in [0.15, 0.2) is 60.7 Å². The summed E-state index contributed by atoms with van der Waals surface area (Å²) in [5.41, 5.74) is -0.690. The average molecular weight is 359 g/mol. The minimum absolute atomic E-state index is 0. The van der Waals surface area contributed by atoms with Crippen LogP contribution >= 0.6 is 17.0 Å². The molecule has 0 saturated carbocycles. The van der Waals surface area contributed by atoms with Crippen LogP contribution in [0.1, 0.15) is 5.56 Å². The topological polar surface area (TPSA) is 0 Å². The molecule has 0 aliphatic rings. The van der Waals surface area contributed by atoms with E-state index in [2.05, 4.69) is 6.07 Å². The van der Waals surface area contributed by atoms with Gasteiger partial charge in [0.25, 0.3) is 0 Å². The Morgan fingerprint density at radius 1 is 0.850 bits per heavy atom. The minimum atomic E-state index is -4.12. The molecular formula is C14H11BrF4Mg. The van der Waals surface area contributed by atoms with Crippen molar-refractivity contribution in [3.8, 4) is 0 Å². The molecule has 0 atom stereocenters. The Bertz CT molecular complexity index is 411. The second-order valence-corrected chi connectivity index (χ2v) is 3.28. The van der Waals surface area contributed by atoms with Gasteiger partial charge in [-0.05, 0) is 5.56 Å². The second kappa shape index (κ2) is 11.1. The molecular weight excluding hydrogens is 348 g/mol. The number of rotatable bonds is 2. The molecule has 0 bridgehead atoms. The van der Waals surface area contributed by atoms with E-state index in [1.807, 2.05) is 30.3 Å². The third kappa shape index (κ3) is 7.26. The largest absolute Gasteiger partial charge is 2.00 e. The summed E-state index contributed by atoms with van der Waals surface area (Å²) < 4.78 is 48.3. The summed E-state index contributed by atoms with van der Waals surface area (Å²) >= 11 is 0. The maximum atomic E-state index is 12.5. The van der Waals surface area contributed by atoms with Gasteiger partial charge in [-0.3, -0.25) is 0 Å². The first-order valence-electron chi connectivity index (χ1n) is 5.08.